The third-order valence-electron chi connectivity index (χ3n) is 4.10. The van der Waals surface area contributed by atoms with Crippen LogP contribution in [0.4, 0.5) is 0 Å². The van der Waals surface area contributed by atoms with Gasteiger partial charge in [-0.15, -0.1) is 0 Å². The van der Waals surface area contributed by atoms with Gasteiger partial charge in [0.2, 0.25) is 0 Å². The minimum Gasteiger partial charge on any atom is -0.488 e. The summed E-state index contributed by atoms with van der Waals surface area (Å²) in [5, 5.41) is 4.69. The predicted molar refractivity (Wildman–Crippen MR) is 113 cm³/mol. The van der Waals surface area contributed by atoms with Crippen LogP contribution < -0.4 is 10.1 Å². The quantitative estimate of drug-likeness (QED) is 0.408. The number of ether oxygens (including phenoxy) is 1. The molecule has 0 saturated carbocycles. The van der Waals surface area contributed by atoms with Gasteiger partial charge in [0.1, 0.15) is 12.4 Å². The second-order valence-corrected chi connectivity index (χ2v) is 7.80. The van der Waals surface area contributed by atoms with Crippen LogP contribution in [0, 0.1) is 0 Å². The van der Waals surface area contributed by atoms with Gasteiger partial charge < -0.3 is 14.6 Å². The van der Waals surface area contributed by atoms with Crippen LogP contribution in [0.3, 0.4) is 0 Å². The van der Waals surface area contributed by atoms with Gasteiger partial charge in [0.05, 0.1) is 6.33 Å². The first-order valence-electron chi connectivity index (χ1n) is 8.64. The Labute approximate surface area is 177 Å². The van der Waals surface area contributed by atoms with E-state index in [9.17, 15) is 0 Å². The molecular weight excluding hydrogens is 449 g/mol. The van der Waals surface area contributed by atoms with Gasteiger partial charge in [-0.1, -0.05) is 45.2 Å². The summed E-state index contributed by atoms with van der Waals surface area (Å²) in [4.78, 5) is 4.05. The minimum atomic E-state index is 0.327. The molecule has 3 rings (SSSR count). The van der Waals surface area contributed by atoms with Gasteiger partial charge in [-0.2, -0.15) is 0 Å². The molecule has 0 fully saturated rings. The van der Waals surface area contributed by atoms with Crippen molar-refractivity contribution in [3.63, 3.8) is 0 Å². The van der Waals surface area contributed by atoms with Crippen molar-refractivity contribution in [1.29, 1.82) is 0 Å². The first-order valence-corrected chi connectivity index (χ1v) is 10.2. The molecule has 27 heavy (non-hydrogen) atoms. The van der Waals surface area contributed by atoms with Crippen LogP contribution in [0.1, 0.15) is 17.5 Å². The highest BCUT2D eigenvalue weighted by atomic mass is 79.9. The van der Waals surface area contributed by atoms with Crippen LogP contribution in [0.15, 0.2) is 59.6 Å². The Morgan fingerprint density at radius 3 is 2.70 bits per heavy atom. The number of halogens is 3. The van der Waals surface area contributed by atoms with Crippen LogP contribution >= 0.6 is 39.1 Å². The van der Waals surface area contributed by atoms with E-state index in [0.717, 1.165) is 47.4 Å². The standard InChI is InChI=1S/C20H20BrCl2N3O/c21-16-5-6-20(27-13-17-18(22)3-1-4-19(17)23)15(11-16)12-24-7-2-9-26-10-8-25-14-26/h1,3-6,8,10-11,14,24H,2,7,9,12-13H2. The first kappa shape index (κ1) is 20.2. The molecule has 0 aliphatic heterocycles. The SMILES string of the molecule is Clc1cccc(Cl)c1COc1ccc(Br)cc1CNCCCn1ccnc1. The van der Waals surface area contributed by atoms with E-state index in [1.54, 1.807) is 6.20 Å². The van der Waals surface area contributed by atoms with Crippen molar-refractivity contribution in [2.24, 2.45) is 0 Å². The van der Waals surface area contributed by atoms with Crippen LogP contribution in [0.2, 0.25) is 10.0 Å². The van der Waals surface area contributed by atoms with E-state index < -0.39 is 0 Å². The molecule has 0 bridgehead atoms. The molecule has 0 aliphatic carbocycles. The van der Waals surface area contributed by atoms with Crippen LogP contribution in [0.25, 0.3) is 0 Å². The zero-order chi connectivity index (χ0) is 19.1. The smallest absolute Gasteiger partial charge is 0.124 e. The zero-order valence-electron chi connectivity index (χ0n) is 14.7. The summed E-state index contributed by atoms with van der Waals surface area (Å²) in [7, 11) is 0. The van der Waals surface area contributed by atoms with E-state index in [1.165, 1.54) is 0 Å². The Bertz CT molecular complexity index is 851. The van der Waals surface area contributed by atoms with E-state index >= 15 is 0 Å². The summed E-state index contributed by atoms with van der Waals surface area (Å²) in [6.45, 7) is 2.89. The molecular formula is C20H20BrCl2N3O. The van der Waals surface area contributed by atoms with Crippen LogP contribution in [0.5, 0.6) is 5.75 Å². The van der Waals surface area contributed by atoms with Gasteiger partial charge >= 0.3 is 0 Å². The minimum absolute atomic E-state index is 0.327. The Hall–Kier alpha value is -1.53. The topological polar surface area (TPSA) is 39.1 Å². The second kappa shape index (κ2) is 10.1. The highest BCUT2D eigenvalue weighted by molar-refractivity contribution is 9.10. The maximum Gasteiger partial charge on any atom is 0.124 e. The third kappa shape index (κ3) is 5.98. The molecule has 142 valence electrons. The first-order chi connectivity index (χ1) is 13.1. The van der Waals surface area contributed by atoms with Crippen molar-refractivity contribution < 1.29 is 4.74 Å². The second-order valence-electron chi connectivity index (χ2n) is 6.07. The zero-order valence-corrected chi connectivity index (χ0v) is 17.8. The lowest BCUT2D eigenvalue weighted by Crippen LogP contribution is -2.17. The number of benzene rings is 2. The maximum absolute atomic E-state index is 6.23. The van der Waals surface area contributed by atoms with E-state index in [1.807, 2.05) is 42.9 Å². The summed E-state index contributed by atoms with van der Waals surface area (Å²) in [5.74, 6) is 0.816. The van der Waals surface area contributed by atoms with Gasteiger partial charge in [0.15, 0.2) is 0 Å². The maximum atomic E-state index is 6.23. The van der Waals surface area contributed by atoms with Crippen molar-refractivity contribution in [3.8, 4) is 5.75 Å². The summed E-state index contributed by atoms with van der Waals surface area (Å²) in [6.07, 6.45) is 6.62. The fraction of sp³-hybridized carbons (Fsp3) is 0.250. The van der Waals surface area contributed by atoms with Gasteiger partial charge in [0.25, 0.3) is 0 Å². The Morgan fingerprint density at radius 1 is 1.15 bits per heavy atom. The molecule has 0 radical (unpaired) electrons. The Balaban J connectivity index is 1.56. The van der Waals surface area contributed by atoms with E-state index in [2.05, 4.69) is 36.9 Å². The summed E-state index contributed by atoms with van der Waals surface area (Å²) in [6, 6.07) is 11.4. The Morgan fingerprint density at radius 2 is 1.96 bits per heavy atom. The predicted octanol–water partition coefficient (Wildman–Crippen LogP) is 5.71. The molecule has 4 nitrogen and oxygen atoms in total. The number of nitrogens with one attached hydrogen (secondary N) is 1. The highest BCUT2D eigenvalue weighted by Crippen LogP contribution is 2.28. The number of hydrogen-bond donors (Lipinski definition) is 1. The van der Waals surface area contributed by atoms with Crippen molar-refractivity contribution in [1.82, 2.24) is 14.9 Å². The molecule has 3 aromatic rings. The lowest BCUT2D eigenvalue weighted by atomic mass is 10.2. The molecule has 1 aromatic heterocycles. The number of imidazole rings is 1. The summed E-state index contributed by atoms with van der Waals surface area (Å²) < 4.78 is 9.10. The van der Waals surface area contributed by atoms with Crippen LogP contribution in [-0.4, -0.2) is 16.1 Å². The molecule has 2 aromatic carbocycles. The number of rotatable bonds is 9. The largest absolute Gasteiger partial charge is 0.488 e. The normalized spacial score (nSPS) is 10.9. The summed E-state index contributed by atoms with van der Waals surface area (Å²) in [5.41, 5.74) is 1.87. The van der Waals surface area contributed by atoms with Crippen molar-refractivity contribution in [3.05, 3.63) is 80.8 Å². The molecule has 0 atom stereocenters. The summed E-state index contributed by atoms with van der Waals surface area (Å²) >= 11 is 16.0. The van der Waals surface area contributed by atoms with E-state index in [0.29, 0.717) is 16.7 Å². The van der Waals surface area contributed by atoms with Crippen LogP contribution in [-0.2, 0) is 19.7 Å². The van der Waals surface area contributed by atoms with E-state index in [4.69, 9.17) is 27.9 Å². The Kier molecular flexibility index (Phi) is 7.59. The molecule has 1 N–H and O–H groups in total. The van der Waals surface area contributed by atoms with Crippen molar-refractivity contribution in [2.75, 3.05) is 6.54 Å². The lowest BCUT2D eigenvalue weighted by Gasteiger charge is -2.14. The third-order valence-corrected chi connectivity index (χ3v) is 5.30. The highest BCUT2D eigenvalue weighted by Gasteiger charge is 2.09. The number of aryl methyl sites for hydroxylation is 1. The van der Waals surface area contributed by atoms with Gasteiger partial charge in [-0.05, 0) is 43.3 Å². The molecule has 0 unspecified atom stereocenters. The van der Waals surface area contributed by atoms with Gasteiger partial charge in [-0.3, -0.25) is 0 Å². The molecule has 0 amide bonds. The number of hydrogen-bond acceptors (Lipinski definition) is 3. The molecule has 0 spiro atoms. The molecule has 7 heteroatoms. The van der Waals surface area contributed by atoms with E-state index in [-0.39, 0.29) is 0 Å². The van der Waals surface area contributed by atoms with Crippen molar-refractivity contribution in [2.45, 2.75) is 26.1 Å². The van der Waals surface area contributed by atoms with Gasteiger partial charge in [0, 0.05) is 51.1 Å². The fourth-order valence-electron chi connectivity index (χ4n) is 2.68. The molecule has 0 aliphatic rings. The average Bonchev–Trinajstić information content (AvgIpc) is 3.16. The number of nitrogens with zero attached hydrogens (tertiary/aromatic N) is 2. The lowest BCUT2D eigenvalue weighted by molar-refractivity contribution is 0.302. The fourth-order valence-corrected chi connectivity index (χ4v) is 3.59. The number of aromatic nitrogens is 2. The monoisotopic (exact) mass is 467 g/mol. The average molecular weight is 469 g/mol. The van der Waals surface area contributed by atoms with Gasteiger partial charge in [-0.25, -0.2) is 4.98 Å². The molecule has 0 saturated heterocycles. The van der Waals surface area contributed by atoms with Crippen molar-refractivity contribution >= 4 is 39.1 Å². The molecule has 1 heterocycles.